The number of tetrazole rings is 1. The first-order chi connectivity index (χ1) is 8.27. The van der Waals surface area contributed by atoms with Crippen molar-refractivity contribution in [3.63, 3.8) is 0 Å². The van der Waals surface area contributed by atoms with E-state index in [2.05, 4.69) is 15.5 Å². The van der Waals surface area contributed by atoms with Crippen molar-refractivity contribution in [3.8, 4) is 5.69 Å². The van der Waals surface area contributed by atoms with E-state index >= 15 is 0 Å². The first kappa shape index (κ1) is 11.6. The third-order valence-corrected chi connectivity index (χ3v) is 2.90. The second kappa shape index (κ2) is 5.44. The maximum absolute atomic E-state index is 10.3. The zero-order valence-electron chi connectivity index (χ0n) is 8.81. The molecule has 0 atom stereocenters. The van der Waals surface area contributed by atoms with E-state index in [-0.39, 0.29) is 6.42 Å². The highest BCUT2D eigenvalue weighted by molar-refractivity contribution is 7.99. The molecule has 1 heterocycles. The van der Waals surface area contributed by atoms with Gasteiger partial charge >= 0.3 is 0 Å². The van der Waals surface area contributed by atoms with Gasteiger partial charge in [-0.15, -0.1) is 5.10 Å². The molecule has 0 amide bonds. The number of carbonyl (C=O) groups is 1. The summed E-state index contributed by atoms with van der Waals surface area (Å²) in [6.07, 6.45) is -0.0215. The molecule has 6 nitrogen and oxygen atoms in total. The Balaban J connectivity index is 2.10. The minimum absolute atomic E-state index is 0.0215. The Morgan fingerprint density at radius 1 is 1.35 bits per heavy atom. The van der Waals surface area contributed by atoms with Crippen molar-refractivity contribution in [1.82, 2.24) is 20.2 Å². The van der Waals surface area contributed by atoms with Gasteiger partial charge < -0.3 is 9.90 Å². The summed E-state index contributed by atoms with van der Waals surface area (Å²) >= 11 is 1.28. The fourth-order valence-electron chi connectivity index (χ4n) is 1.23. The maximum atomic E-state index is 10.3. The highest BCUT2D eigenvalue weighted by atomic mass is 32.2. The molecule has 0 aliphatic carbocycles. The topological polar surface area (TPSA) is 83.7 Å². The molecule has 0 aliphatic rings. The zero-order valence-corrected chi connectivity index (χ0v) is 9.63. The lowest BCUT2D eigenvalue weighted by molar-refractivity contribution is -0.305. The number of hydrogen-bond acceptors (Lipinski definition) is 6. The van der Waals surface area contributed by atoms with Crippen LogP contribution in [0.3, 0.4) is 0 Å². The molecule has 1 aromatic heterocycles. The van der Waals surface area contributed by atoms with E-state index in [1.165, 1.54) is 11.8 Å². The number of nitrogens with zero attached hydrogens (tertiary/aromatic N) is 4. The van der Waals surface area contributed by atoms with Crippen LogP contribution in [0.4, 0.5) is 0 Å². The Morgan fingerprint density at radius 3 is 2.82 bits per heavy atom. The molecule has 0 saturated carbocycles. The van der Waals surface area contributed by atoms with Crippen LogP contribution in [0.1, 0.15) is 6.42 Å². The minimum Gasteiger partial charge on any atom is -0.550 e. The highest BCUT2D eigenvalue weighted by Crippen LogP contribution is 2.18. The third-order valence-electron chi connectivity index (χ3n) is 1.98. The van der Waals surface area contributed by atoms with Gasteiger partial charge in [0, 0.05) is 11.7 Å². The molecule has 2 aromatic rings. The molecule has 0 N–H and O–H groups in total. The summed E-state index contributed by atoms with van der Waals surface area (Å²) in [6, 6.07) is 9.41. The Labute approximate surface area is 102 Å². The van der Waals surface area contributed by atoms with Crippen molar-refractivity contribution >= 4 is 17.7 Å². The molecule has 0 saturated heterocycles. The molecule has 88 valence electrons. The largest absolute Gasteiger partial charge is 0.550 e. The summed E-state index contributed by atoms with van der Waals surface area (Å²) in [5.41, 5.74) is 0.841. The average molecular weight is 249 g/mol. The predicted molar refractivity (Wildman–Crippen MR) is 59.5 cm³/mol. The molecule has 0 aliphatic heterocycles. The minimum atomic E-state index is -1.07. The quantitative estimate of drug-likeness (QED) is 0.688. The van der Waals surface area contributed by atoms with Gasteiger partial charge in [-0.05, 0) is 29.0 Å². The first-order valence-corrected chi connectivity index (χ1v) is 5.92. The molecule has 7 heteroatoms. The van der Waals surface area contributed by atoms with E-state index in [9.17, 15) is 9.90 Å². The predicted octanol–water partition coefficient (Wildman–Crippen LogP) is -0.106. The average Bonchev–Trinajstić information content (AvgIpc) is 2.78. The van der Waals surface area contributed by atoms with Crippen molar-refractivity contribution in [3.05, 3.63) is 30.3 Å². The van der Waals surface area contributed by atoms with Crippen LogP contribution < -0.4 is 5.11 Å². The van der Waals surface area contributed by atoms with Gasteiger partial charge in [0.05, 0.1) is 5.69 Å². The Kier molecular flexibility index (Phi) is 3.71. The SMILES string of the molecule is O=C([O-])CCSc1nnnn1-c1ccccc1. The van der Waals surface area contributed by atoms with E-state index in [0.717, 1.165) is 5.69 Å². The van der Waals surface area contributed by atoms with Gasteiger partial charge in [0.1, 0.15) is 0 Å². The number of carbonyl (C=O) groups excluding carboxylic acids is 1. The van der Waals surface area contributed by atoms with Gasteiger partial charge in [-0.25, -0.2) is 0 Å². The van der Waals surface area contributed by atoms with Gasteiger partial charge in [0.15, 0.2) is 0 Å². The van der Waals surface area contributed by atoms with Crippen LogP contribution in [0, 0.1) is 0 Å². The molecule has 2 rings (SSSR count). The van der Waals surface area contributed by atoms with Gasteiger partial charge in [-0.3, -0.25) is 0 Å². The van der Waals surface area contributed by atoms with Gasteiger partial charge in [-0.2, -0.15) is 4.68 Å². The summed E-state index contributed by atoms with van der Waals surface area (Å²) in [6.45, 7) is 0. The van der Waals surface area contributed by atoms with E-state index in [1.54, 1.807) is 4.68 Å². The van der Waals surface area contributed by atoms with Gasteiger partial charge in [-0.1, -0.05) is 30.0 Å². The number of carboxylic acid groups (broad SMARTS) is 1. The molecule has 0 unspecified atom stereocenters. The molecule has 0 bridgehead atoms. The number of thioether (sulfide) groups is 1. The second-order valence-corrected chi connectivity index (χ2v) is 4.24. The molecular weight excluding hydrogens is 240 g/mol. The van der Waals surface area contributed by atoms with Crippen molar-refractivity contribution < 1.29 is 9.90 Å². The second-order valence-electron chi connectivity index (χ2n) is 3.18. The number of aromatic nitrogens is 4. The van der Waals surface area contributed by atoms with Gasteiger partial charge in [0.25, 0.3) is 0 Å². The summed E-state index contributed by atoms with van der Waals surface area (Å²) in [5, 5.41) is 22.1. The first-order valence-electron chi connectivity index (χ1n) is 4.94. The summed E-state index contributed by atoms with van der Waals surface area (Å²) in [4.78, 5) is 10.3. The third kappa shape index (κ3) is 3.04. The lowest BCUT2D eigenvalue weighted by atomic mass is 10.3. The lowest BCUT2D eigenvalue weighted by Gasteiger charge is -2.04. The number of aliphatic carboxylic acids is 1. The Bertz CT molecular complexity index is 500. The molecule has 0 radical (unpaired) electrons. The van der Waals surface area contributed by atoms with Crippen LogP contribution in [0.2, 0.25) is 0 Å². The van der Waals surface area contributed by atoms with Crippen molar-refractivity contribution in [1.29, 1.82) is 0 Å². The van der Waals surface area contributed by atoms with E-state index in [1.807, 2.05) is 30.3 Å². The summed E-state index contributed by atoms with van der Waals surface area (Å²) in [5.74, 6) is -0.688. The van der Waals surface area contributed by atoms with E-state index in [4.69, 9.17) is 0 Å². The summed E-state index contributed by atoms with van der Waals surface area (Å²) < 4.78 is 1.57. The van der Waals surface area contributed by atoms with Crippen molar-refractivity contribution in [2.75, 3.05) is 5.75 Å². The van der Waals surface area contributed by atoms with Crippen LogP contribution in [-0.4, -0.2) is 31.9 Å². The number of carboxylic acids is 1. The zero-order chi connectivity index (χ0) is 12.1. The van der Waals surface area contributed by atoms with Crippen molar-refractivity contribution in [2.45, 2.75) is 11.6 Å². The van der Waals surface area contributed by atoms with E-state index in [0.29, 0.717) is 10.9 Å². The van der Waals surface area contributed by atoms with Crippen LogP contribution in [0.25, 0.3) is 5.69 Å². The smallest absolute Gasteiger partial charge is 0.214 e. The van der Waals surface area contributed by atoms with Gasteiger partial charge in [0.2, 0.25) is 5.16 Å². The highest BCUT2D eigenvalue weighted by Gasteiger charge is 2.07. The number of para-hydroxylation sites is 1. The van der Waals surface area contributed by atoms with Crippen molar-refractivity contribution in [2.24, 2.45) is 0 Å². The fraction of sp³-hybridized carbons (Fsp3) is 0.200. The molecular formula is C10H9N4O2S-. The number of benzene rings is 1. The Hall–Kier alpha value is -1.89. The normalized spacial score (nSPS) is 10.4. The summed E-state index contributed by atoms with van der Waals surface area (Å²) in [7, 11) is 0. The monoisotopic (exact) mass is 249 g/mol. The molecule has 0 fully saturated rings. The van der Waals surface area contributed by atoms with Crippen LogP contribution in [0.15, 0.2) is 35.5 Å². The number of rotatable bonds is 5. The molecule has 0 spiro atoms. The van der Waals surface area contributed by atoms with E-state index < -0.39 is 5.97 Å². The molecule has 1 aromatic carbocycles. The Morgan fingerprint density at radius 2 is 2.12 bits per heavy atom. The lowest BCUT2D eigenvalue weighted by Crippen LogP contribution is -2.22. The van der Waals surface area contributed by atoms with Crippen LogP contribution in [-0.2, 0) is 4.79 Å². The van der Waals surface area contributed by atoms with Crippen LogP contribution in [0.5, 0.6) is 0 Å². The fourth-order valence-corrected chi connectivity index (χ4v) is 2.04. The number of hydrogen-bond donors (Lipinski definition) is 0. The molecule has 17 heavy (non-hydrogen) atoms. The maximum Gasteiger partial charge on any atom is 0.214 e. The van der Waals surface area contributed by atoms with Crippen LogP contribution >= 0.6 is 11.8 Å². The standard InChI is InChI=1S/C10H10N4O2S/c15-9(16)6-7-17-10-11-12-13-14(10)8-4-2-1-3-5-8/h1-5H,6-7H2,(H,15,16)/p-1.